The summed E-state index contributed by atoms with van der Waals surface area (Å²) in [5, 5.41) is 5.37. The van der Waals surface area contributed by atoms with Gasteiger partial charge >= 0.3 is 10.7 Å². The van der Waals surface area contributed by atoms with E-state index < -0.39 is 10.9 Å². The highest BCUT2D eigenvalue weighted by Crippen LogP contribution is 2.23. The van der Waals surface area contributed by atoms with Crippen LogP contribution in [0.1, 0.15) is 18.1 Å². The van der Waals surface area contributed by atoms with E-state index in [1.165, 1.54) is 4.68 Å². The van der Waals surface area contributed by atoms with E-state index in [1.54, 1.807) is 6.92 Å². The summed E-state index contributed by atoms with van der Waals surface area (Å²) in [6.07, 6.45) is 0. The third kappa shape index (κ3) is 3.72. The van der Waals surface area contributed by atoms with E-state index >= 15 is 0 Å². The second kappa shape index (κ2) is 7.61. The Morgan fingerprint density at radius 1 is 1.12 bits per heavy atom. The van der Waals surface area contributed by atoms with Gasteiger partial charge in [0.1, 0.15) is 0 Å². The Morgan fingerprint density at radius 2 is 1.77 bits per heavy atom. The molecule has 6 nitrogen and oxygen atoms in total. The SMILES string of the molecule is Cc1cccc(C)c1NC(=O)C(C)Sc1c(=O)o[nH][n+]1-c1ccccc1. The van der Waals surface area contributed by atoms with E-state index in [-0.39, 0.29) is 5.91 Å². The van der Waals surface area contributed by atoms with Gasteiger partial charge < -0.3 is 5.32 Å². The smallest absolute Gasteiger partial charge is 0.325 e. The fourth-order valence-corrected chi connectivity index (χ4v) is 3.46. The van der Waals surface area contributed by atoms with Crippen molar-refractivity contribution in [2.24, 2.45) is 0 Å². The van der Waals surface area contributed by atoms with Crippen molar-refractivity contribution in [2.75, 3.05) is 5.32 Å². The molecule has 1 atom stereocenters. The van der Waals surface area contributed by atoms with Gasteiger partial charge in [0, 0.05) is 17.8 Å². The fourth-order valence-electron chi connectivity index (χ4n) is 2.57. The zero-order valence-electron chi connectivity index (χ0n) is 14.8. The summed E-state index contributed by atoms with van der Waals surface area (Å²) < 4.78 is 6.45. The van der Waals surface area contributed by atoms with E-state index in [0.717, 1.165) is 34.3 Å². The van der Waals surface area contributed by atoms with E-state index in [4.69, 9.17) is 4.52 Å². The lowest BCUT2D eigenvalue weighted by Gasteiger charge is -2.13. The number of carbonyl (C=O) groups is 1. The number of amides is 1. The predicted octanol–water partition coefficient (Wildman–Crippen LogP) is 2.98. The van der Waals surface area contributed by atoms with Gasteiger partial charge in [0.05, 0.1) is 5.25 Å². The number of hydrogen-bond acceptors (Lipinski definition) is 4. The molecule has 3 rings (SSSR count). The third-order valence-corrected chi connectivity index (χ3v) is 5.15. The van der Waals surface area contributed by atoms with Crippen LogP contribution >= 0.6 is 11.8 Å². The summed E-state index contributed by atoms with van der Waals surface area (Å²) in [5.41, 5.74) is 3.04. The number of nitrogens with zero attached hydrogens (tertiary/aromatic N) is 1. The molecule has 7 heteroatoms. The number of hydrogen-bond donors (Lipinski definition) is 2. The van der Waals surface area contributed by atoms with Crippen LogP contribution in [0.5, 0.6) is 0 Å². The summed E-state index contributed by atoms with van der Waals surface area (Å²) in [6, 6.07) is 15.1. The number of aromatic nitrogens is 2. The van der Waals surface area contributed by atoms with Gasteiger partial charge in [0.25, 0.3) is 0 Å². The first-order valence-corrected chi connectivity index (χ1v) is 9.08. The number of anilines is 1. The number of H-pyrrole nitrogens is 1. The second-order valence-electron chi connectivity index (χ2n) is 5.97. The van der Waals surface area contributed by atoms with Crippen molar-refractivity contribution < 1.29 is 14.0 Å². The Kier molecular flexibility index (Phi) is 5.27. The van der Waals surface area contributed by atoms with Crippen LogP contribution in [-0.2, 0) is 4.79 Å². The minimum absolute atomic E-state index is 0.174. The van der Waals surface area contributed by atoms with Crippen LogP contribution in [0, 0.1) is 13.8 Å². The number of benzene rings is 2. The number of aryl methyl sites for hydroxylation is 2. The minimum Gasteiger partial charge on any atom is -0.325 e. The molecule has 0 saturated carbocycles. The highest BCUT2D eigenvalue weighted by Gasteiger charge is 2.29. The quantitative estimate of drug-likeness (QED) is 0.535. The zero-order valence-corrected chi connectivity index (χ0v) is 15.6. The van der Waals surface area contributed by atoms with Crippen molar-refractivity contribution in [1.82, 2.24) is 5.27 Å². The molecular formula is C19H20N3O3S+. The number of thioether (sulfide) groups is 1. The number of para-hydroxylation sites is 2. The molecular weight excluding hydrogens is 350 g/mol. The summed E-state index contributed by atoms with van der Waals surface area (Å²) in [7, 11) is 0. The van der Waals surface area contributed by atoms with Crippen molar-refractivity contribution >= 4 is 23.4 Å². The van der Waals surface area contributed by atoms with Crippen LogP contribution in [0.3, 0.4) is 0 Å². The molecule has 0 fully saturated rings. The maximum absolute atomic E-state index is 12.6. The molecule has 2 aromatic carbocycles. The van der Waals surface area contributed by atoms with Crippen LogP contribution in [-0.4, -0.2) is 16.4 Å². The molecule has 0 aliphatic carbocycles. The highest BCUT2D eigenvalue weighted by molar-refractivity contribution is 8.00. The summed E-state index contributed by atoms with van der Waals surface area (Å²) in [6.45, 7) is 5.66. The summed E-state index contributed by atoms with van der Waals surface area (Å²) in [4.78, 5) is 24.7. The lowest BCUT2D eigenvalue weighted by molar-refractivity contribution is -0.704. The number of carbonyl (C=O) groups excluding carboxylic acids is 1. The van der Waals surface area contributed by atoms with Crippen LogP contribution in [0.15, 0.2) is 62.9 Å². The molecule has 0 spiro atoms. The topological polar surface area (TPSA) is 79.0 Å². The Bertz CT molecular complexity index is 959. The summed E-state index contributed by atoms with van der Waals surface area (Å²) in [5.74, 6) is -0.174. The van der Waals surface area contributed by atoms with Crippen molar-refractivity contribution in [3.8, 4) is 5.69 Å². The Labute approximate surface area is 155 Å². The van der Waals surface area contributed by atoms with Gasteiger partial charge in [-0.1, -0.05) is 36.4 Å². The molecule has 0 saturated heterocycles. The molecule has 1 heterocycles. The first-order chi connectivity index (χ1) is 12.5. The molecule has 26 heavy (non-hydrogen) atoms. The molecule has 1 amide bonds. The lowest BCUT2D eigenvalue weighted by atomic mass is 10.1. The van der Waals surface area contributed by atoms with Gasteiger partial charge in [0.2, 0.25) is 11.6 Å². The number of rotatable bonds is 5. The Morgan fingerprint density at radius 3 is 2.42 bits per heavy atom. The van der Waals surface area contributed by atoms with Crippen LogP contribution in [0.2, 0.25) is 0 Å². The Balaban J connectivity index is 1.80. The average molecular weight is 370 g/mol. The van der Waals surface area contributed by atoms with Crippen molar-refractivity contribution in [2.45, 2.75) is 31.0 Å². The maximum Gasteiger partial charge on any atom is 0.442 e. The molecule has 0 aliphatic rings. The van der Waals surface area contributed by atoms with E-state index in [1.807, 2.05) is 62.4 Å². The van der Waals surface area contributed by atoms with Gasteiger partial charge in [-0.25, -0.2) is 4.79 Å². The third-order valence-electron chi connectivity index (χ3n) is 4.01. The monoisotopic (exact) mass is 370 g/mol. The van der Waals surface area contributed by atoms with Gasteiger partial charge in [-0.15, -0.1) is 0 Å². The normalized spacial score (nSPS) is 12.0. The molecule has 0 aliphatic heterocycles. The predicted molar refractivity (Wildman–Crippen MR) is 101 cm³/mol. The van der Waals surface area contributed by atoms with Gasteiger partial charge in [0.15, 0.2) is 0 Å². The molecule has 134 valence electrons. The van der Waals surface area contributed by atoms with Crippen LogP contribution < -0.4 is 15.6 Å². The minimum atomic E-state index is -0.509. The van der Waals surface area contributed by atoms with Crippen molar-refractivity contribution in [3.05, 3.63) is 70.1 Å². The first kappa shape index (κ1) is 18.0. The van der Waals surface area contributed by atoms with Crippen LogP contribution in [0.25, 0.3) is 5.69 Å². The lowest BCUT2D eigenvalue weighted by Crippen LogP contribution is -2.37. The van der Waals surface area contributed by atoms with Crippen molar-refractivity contribution in [1.29, 1.82) is 0 Å². The van der Waals surface area contributed by atoms with Crippen LogP contribution in [0.4, 0.5) is 5.69 Å². The number of nitrogens with one attached hydrogen (secondary N) is 2. The fraction of sp³-hybridized carbons (Fsp3) is 0.211. The van der Waals surface area contributed by atoms with Crippen molar-refractivity contribution in [3.63, 3.8) is 0 Å². The molecule has 2 N–H and O–H groups in total. The second-order valence-corrected chi connectivity index (χ2v) is 7.30. The largest absolute Gasteiger partial charge is 0.442 e. The highest BCUT2D eigenvalue weighted by atomic mass is 32.2. The van der Waals surface area contributed by atoms with Gasteiger partial charge in [-0.3, -0.25) is 9.32 Å². The van der Waals surface area contributed by atoms with Gasteiger partial charge in [-0.2, -0.15) is 0 Å². The molecule has 1 unspecified atom stereocenters. The molecule has 0 radical (unpaired) electrons. The molecule has 0 bridgehead atoms. The Hall–Kier alpha value is -2.80. The van der Waals surface area contributed by atoms with E-state index in [2.05, 4.69) is 10.6 Å². The van der Waals surface area contributed by atoms with E-state index in [0.29, 0.717) is 5.03 Å². The molecule has 1 aromatic heterocycles. The average Bonchev–Trinajstić information content (AvgIpc) is 2.99. The molecule has 3 aromatic rings. The van der Waals surface area contributed by atoms with E-state index in [9.17, 15) is 9.59 Å². The zero-order chi connectivity index (χ0) is 18.7. The number of aromatic amines is 1. The summed E-state index contributed by atoms with van der Waals surface area (Å²) >= 11 is 1.15. The maximum atomic E-state index is 12.6. The standard InChI is InChI=1S/C19H19N3O3S/c1-12-8-7-9-13(2)16(12)20-17(23)14(3)26-18-19(24)25-21-22(18)15-10-5-4-6-11-15/h4-11,14H,1-3H3,(H-,20,21,23,24)/p+1. The first-order valence-electron chi connectivity index (χ1n) is 8.20. The van der Waals surface area contributed by atoms with Gasteiger partial charge in [-0.05, 0) is 53.6 Å².